The molecule has 0 aromatic heterocycles. The SMILES string of the molecule is COC(=O)C1=Cc2ccccc2[SH4]N1. The minimum absolute atomic E-state index is 0.285. The number of nitrogens with one attached hydrogen (secondary N) is 1. The molecule has 0 saturated heterocycles. The van der Waals surface area contributed by atoms with Crippen LogP contribution in [0.25, 0.3) is 6.08 Å². The molecule has 0 saturated carbocycles. The average Bonchev–Trinajstić information content (AvgIpc) is 2.27. The Kier molecular flexibility index (Phi) is 2.45. The molecule has 0 aliphatic carbocycles. The maximum Gasteiger partial charge on any atom is 0.354 e. The number of methoxy groups -OCH3 is 1. The summed E-state index contributed by atoms with van der Waals surface area (Å²) in [6, 6.07) is 8.11. The van der Waals surface area contributed by atoms with Gasteiger partial charge >= 0.3 is 5.97 Å². The van der Waals surface area contributed by atoms with E-state index in [0.717, 1.165) is 5.56 Å². The molecule has 1 heterocycles. The van der Waals surface area contributed by atoms with Gasteiger partial charge in [-0.3, -0.25) is 0 Å². The van der Waals surface area contributed by atoms with E-state index in [4.69, 9.17) is 0 Å². The maximum absolute atomic E-state index is 11.2. The summed E-state index contributed by atoms with van der Waals surface area (Å²) in [6.45, 7) is 0. The zero-order chi connectivity index (χ0) is 9.97. The number of hydrogen-bond acceptors (Lipinski definition) is 3. The fraction of sp³-hybridized carbons (Fsp3) is 0.100. The fourth-order valence-corrected chi connectivity index (χ4v) is 2.78. The van der Waals surface area contributed by atoms with Gasteiger partial charge in [0.1, 0.15) is 5.70 Å². The van der Waals surface area contributed by atoms with Crippen LogP contribution in [-0.2, 0) is 9.53 Å². The molecule has 4 heteroatoms. The monoisotopic (exact) mass is 211 g/mol. The highest BCUT2D eigenvalue weighted by atomic mass is 32.2. The summed E-state index contributed by atoms with van der Waals surface area (Å²) >= 11 is -0.562. The van der Waals surface area contributed by atoms with E-state index in [2.05, 4.69) is 15.5 Å². The summed E-state index contributed by atoms with van der Waals surface area (Å²) in [5.41, 5.74) is 1.72. The van der Waals surface area contributed by atoms with Gasteiger partial charge < -0.3 is 9.46 Å². The fourth-order valence-electron chi connectivity index (χ4n) is 1.47. The normalized spacial score (nSPS) is 14.2. The number of fused-ring (bicyclic) bond motifs is 1. The first-order valence-corrected chi connectivity index (χ1v) is 5.84. The molecule has 1 N–H and O–H groups in total. The molecule has 0 amide bonds. The Balaban J connectivity index is 2.36. The largest absolute Gasteiger partial charge is 0.464 e. The molecule has 1 aromatic carbocycles. The van der Waals surface area contributed by atoms with Gasteiger partial charge in [-0.1, -0.05) is 24.3 Å². The predicted octanol–water partition coefficient (Wildman–Crippen LogP) is 0.740. The van der Waals surface area contributed by atoms with Gasteiger partial charge in [0.05, 0.1) is 7.11 Å². The third-order valence-electron chi connectivity index (χ3n) is 2.23. The summed E-state index contributed by atoms with van der Waals surface area (Å²) in [5, 5.41) is 0. The molecule has 0 atom stereocenters. The van der Waals surface area contributed by atoms with Gasteiger partial charge in [-0.05, 0) is 16.5 Å². The van der Waals surface area contributed by atoms with Gasteiger partial charge in [-0.25, -0.2) is 16.7 Å². The van der Waals surface area contributed by atoms with Crippen molar-refractivity contribution < 1.29 is 9.53 Å². The summed E-state index contributed by atoms with van der Waals surface area (Å²) in [7, 11) is 1.40. The van der Waals surface area contributed by atoms with Crippen molar-refractivity contribution in [1.82, 2.24) is 4.72 Å². The molecule has 0 bridgehead atoms. The van der Waals surface area contributed by atoms with Crippen molar-refractivity contribution in [2.24, 2.45) is 0 Å². The van der Waals surface area contributed by atoms with Gasteiger partial charge in [0.15, 0.2) is 0 Å². The Morgan fingerprint density at radius 2 is 2.21 bits per heavy atom. The number of benzene rings is 1. The van der Waals surface area contributed by atoms with Crippen LogP contribution < -0.4 is 4.72 Å². The van der Waals surface area contributed by atoms with Crippen molar-refractivity contribution in [2.45, 2.75) is 4.90 Å². The Morgan fingerprint density at radius 1 is 1.43 bits per heavy atom. The lowest BCUT2D eigenvalue weighted by Crippen LogP contribution is -2.17. The molecular formula is C10H13NO2S. The molecule has 0 unspecified atom stereocenters. The smallest absolute Gasteiger partial charge is 0.354 e. The lowest BCUT2D eigenvalue weighted by atomic mass is 10.2. The summed E-state index contributed by atoms with van der Waals surface area (Å²) in [5.74, 6) is -0.285. The van der Waals surface area contributed by atoms with E-state index in [0.29, 0.717) is 5.70 Å². The number of rotatable bonds is 1. The van der Waals surface area contributed by atoms with E-state index in [-0.39, 0.29) is 5.97 Å². The second kappa shape index (κ2) is 3.75. The second-order valence-corrected chi connectivity index (χ2v) is 4.57. The van der Waals surface area contributed by atoms with Gasteiger partial charge in [0.2, 0.25) is 0 Å². The quantitative estimate of drug-likeness (QED) is 0.696. The Morgan fingerprint density at radius 3 is 3.00 bits per heavy atom. The molecule has 14 heavy (non-hydrogen) atoms. The first kappa shape index (κ1) is 9.15. The van der Waals surface area contributed by atoms with Gasteiger partial charge in [0.25, 0.3) is 0 Å². The average molecular weight is 211 g/mol. The predicted molar refractivity (Wildman–Crippen MR) is 61.0 cm³/mol. The number of ether oxygens (including phenoxy) is 1. The van der Waals surface area contributed by atoms with E-state index in [1.807, 2.05) is 24.3 Å². The van der Waals surface area contributed by atoms with Crippen LogP contribution in [0, 0.1) is 0 Å². The van der Waals surface area contributed by atoms with Crippen LogP contribution in [0.5, 0.6) is 0 Å². The molecular weight excluding hydrogens is 198 g/mol. The zero-order valence-corrected chi connectivity index (χ0v) is 9.32. The molecule has 1 aliphatic heterocycles. The molecule has 1 aromatic rings. The summed E-state index contributed by atoms with van der Waals surface area (Å²) in [4.78, 5) is 12.6. The molecule has 0 radical (unpaired) electrons. The lowest BCUT2D eigenvalue weighted by molar-refractivity contribution is -0.136. The van der Waals surface area contributed by atoms with Crippen molar-refractivity contribution >= 4 is 24.0 Å². The molecule has 2 rings (SSSR count). The number of hydrogen-bond donors (Lipinski definition) is 1. The molecule has 0 fully saturated rings. The van der Waals surface area contributed by atoms with E-state index in [9.17, 15) is 4.79 Å². The standard InChI is InChI=1S/C10H13NO2S/c1-13-10(12)8-6-7-4-2-3-5-9(7)14-11-8/h2-6,11H,1H3,14H4. The van der Waals surface area contributed by atoms with E-state index < -0.39 is 11.9 Å². The van der Waals surface area contributed by atoms with Crippen LogP contribution in [0.4, 0.5) is 0 Å². The molecule has 3 nitrogen and oxygen atoms in total. The van der Waals surface area contributed by atoms with Gasteiger partial charge in [0, 0.05) is 0 Å². The van der Waals surface area contributed by atoms with Crippen LogP contribution >= 0.6 is 11.9 Å². The van der Waals surface area contributed by atoms with Crippen molar-refractivity contribution in [3.63, 3.8) is 0 Å². The van der Waals surface area contributed by atoms with E-state index in [1.54, 1.807) is 0 Å². The number of carbonyl (C=O) groups excluding carboxylic acids is 1. The summed E-state index contributed by atoms with van der Waals surface area (Å²) in [6.07, 6.45) is 1.84. The van der Waals surface area contributed by atoms with Gasteiger partial charge in [-0.15, -0.1) is 0 Å². The second-order valence-electron chi connectivity index (χ2n) is 3.10. The minimum Gasteiger partial charge on any atom is -0.464 e. The third kappa shape index (κ3) is 1.61. The molecule has 0 spiro atoms. The highest BCUT2D eigenvalue weighted by Crippen LogP contribution is 2.27. The highest BCUT2D eigenvalue weighted by molar-refractivity contribution is 7.97. The summed E-state index contributed by atoms with van der Waals surface area (Å²) < 4.78 is 7.81. The van der Waals surface area contributed by atoms with Crippen LogP contribution in [0.1, 0.15) is 5.56 Å². The first-order chi connectivity index (χ1) is 6.81. The Hall–Kier alpha value is -1.42. The minimum atomic E-state index is -0.562. The Labute approximate surface area is 86.3 Å². The molecule has 1 aliphatic rings. The number of carbonyl (C=O) groups is 1. The van der Waals surface area contributed by atoms with Gasteiger partial charge in [-0.2, -0.15) is 0 Å². The highest BCUT2D eigenvalue weighted by Gasteiger charge is 2.13. The van der Waals surface area contributed by atoms with Crippen molar-refractivity contribution in [1.29, 1.82) is 0 Å². The zero-order valence-electron chi connectivity index (χ0n) is 7.91. The van der Waals surface area contributed by atoms with Crippen molar-refractivity contribution in [3.8, 4) is 0 Å². The van der Waals surface area contributed by atoms with Crippen LogP contribution in [-0.4, -0.2) is 13.1 Å². The maximum atomic E-state index is 11.2. The molecule has 76 valence electrons. The van der Waals surface area contributed by atoms with Crippen molar-refractivity contribution in [2.75, 3.05) is 7.11 Å². The van der Waals surface area contributed by atoms with Crippen molar-refractivity contribution in [3.05, 3.63) is 35.5 Å². The number of esters is 1. The van der Waals surface area contributed by atoms with E-state index >= 15 is 0 Å². The lowest BCUT2D eigenvalue weighted by Gasteiger charge is -2.20. The van der Waals surface area contributed by atoms with Crippen LogP contribution in [0.2, 0.25) is 0 Å². The van der Waals surface area contributed by atoms with Crippen LogP contribution in [0.3, 0.4) is 0 Å². The third-order valence-corrected chi connectivity index (χ3v) is 3.81. The first-order valence-electron chi connectivity index (χ1n) is 4.43. The topological polar surface area (TPSA) is 38.3 Å². The van der Waals surface area contributed by atoms with Crippen LogP contribution in [0.15, 0.2) is 34.9 Å². The van der Waals surface area contributed by atoms with E-state index in [1.165, 1.54) is 12.0 Å². The Bertz CT molecular complexity index is 401.